The Morgan fingerprint density at radius 3 is 2.90 bits per heavy atom. The molecule has 0 aliphatic rings. The van der Waals surface area contributed by atoms with Crippen molar-refractivity contribution in [3.05, 3.63) is 24.0 Å². The number of hydrogen-bond acceptors (Lipinski definition) is 5. The van der Waals surface area contributed by atoms with E-state index in [0.717, 1.165) is 41.6 Å². The number of anilines is 1. The van der Waals surface area contributed by atoms with E-state index in [1.807, 2.05) is 18.2 Å². The molecule has 20 heavy (non-hydrogen) atoms. The van der Waals surface area contributed by atoms with Gasteiger partial charge in [0.1, 0.15) is 11.3 Å². The zero-order valence-corrected chi connectivity index (χ0v) is 11.6. The van der Waals surface area contributed by atoms with Gasteiger partial charge in [0, 0.05) is 11.8 Å². The number of nitrogens with zero attached hydrogens (tertiary/aromatic N) is 4. The van der Waals surface area contributed by atoms with Gasteiger partial charge in [-0.1, -0.05) is 19.4 Å². The molecule has 0 radical (unpaired) electrons. The van der Waals surface area contributed by atoms with Gasteiger partial charge in [0.15, 0.2) is 11.5 Å². The van der Waals surface area contributed by atoms with Crippen LogP contribution in [-0.4, -0.2) is 26.7 Å². The van der Waals surface area contributed by atoms with Crippen LogP contribution in [0.25, 0.3) is 16.6 Å². The van der Waals surface area contributed by atoms with Gasteiger partial charge in [-0.05, 0) is 18.6 Å². The molecule has 0 amide bonds. The lowest BCUT2D eigenvalue weighted by Crippen LogP contribution is -2.03. The van der Waals surface area contributed by atoms with Gasteiger partial charge < -0.3 is 10.5 Å². The van der Waals surface area contributed by atoms with Crippen molar-refractivity contribution in [3.63, 3.8) is 0 Å². The summed E-state index contributed by atoms with van der Waals surface area (Å²) < 4.78 is 6.93. The number of hydrogen-bond donors (Lipinski definition) is 1. The predicted molar refractivity (Wildman–Crippen MR) is 77.9 cm³/mol. The third kappa shape index (κ3) is 1.93. The van der Waals surface area contributed by atoms with Gasteiger partial charge in [0.2, 0.25) is 5.95 Å². The van der Waals surface area contributed by atoms with Crippen molar-refractivity contribution in [2.75, 3.05) is 12.8 Å². The van der Waals surface area contributed by atoms with Gasteiger partial charge in [0.25, 0.3) is 0 Å². The molecular formula is C14H17N5O. The quantitative estimate of drug-likeness (QED) is 0.787. The second-order valence-electron chi connectivity index (χ2n) is 4.69. The molecule has 3 aromatic rings. The van der Waals surface area contributed by atoms with Crippen molar-refractivity contribution in [2.24, 2.45) is 0 Å². The van der Waals surface area contributed by atoms with Gasteiger partial charge >= 0.3 is 0 Å². The van der Waals surface area contributed by atoms with Crippen molar-refractivity contribution in [1.82, 2.24) is 19.6 Å². The Balaban J connectivity index is 2.26. The third-order valence-electron chi connectivity index (χ3n) is 3.31. The van der Waals surface area contributed by atoms with E-state index in [-0.39, 0.29) is 0 Å². The minimum absolute atomic E-state index is 0.326. The first-order valence-corrected chi connectivity index (χ1v) is 6.72. The van der Waals surface area contributed by atoms with E-state index in [4.69, 9.17) is 10.5 Å². The molecule has 2 N–H and O–H groups in total. The average Bonchev–Trinajstić information content (AvgIpc) is 2.90. The zero-order chi connectivity index (χ0) is 14.1. The van der Waals surface area contributed by atoms with E-state index in [0.29, 0.717) is 11.7 Å². The molecule has 6 heteroatoms. The molecule has 2 aromatic heterocycles. The summed E-state index contributed by atoms with van der Waals surface area (Å²) in [5.74, 6) is 1.82. The van der Waals surface area contributed by atoms with E-state index in [2.05, 4.69) is 22.0 Å². The minimum Gasteiger partial charge on any atom is -0.494 e. The number of aryl methyl sites for hydroxylation is 1. The maximum atomic E-state index is 5.98. The van der Waals surface area contributed by atoms with Crippen LogP contribution in [0.3, 0.4) is 0 Å². The van der Waals surface area contributed by atoms with Gasteiger partial charge in [0.05, 0.1) is 7.11 Å². The van der Waals surface area contributed by atoms with E-state index in [9.17, 15) is 0 Å². The molecule has 0 aliphatic carbocycles. The highest BCUT2D eigenvalue weighted by atomic mass is 16.5. The monoisotopic (exact) mass is 271 g/mol. The number of ether oxygens (including phenoxy) is 1. The minimum atomic E-state index is 0.326. The maximum absolute atomic E-state index is 5.98. The molecule has 0 fully saturated rings. The van der Waals surface area contributed by atoms with Crippen LogP contribution in [-0.2, 0) is 6.42 Å². The summed E-state index contributed by atoms with van der Waals surface area (Å²) in [6.45, 7) is 2.14. The number of nitrogens with two attached hydrogens (primary N) is 1. The lowest BCUT2D eigenvalue weighted by molar-refractivity contribution is 0.419. The number of rotatable bonds is 4. The van der Waals surface area contributed by atoms with Crippen LogP contribution < -0.4 is 10.5 Å². The highest BCUT2D eigenvalue weighted by Gasteiger charge is 2.13. The summed E-state index contributed by atoms with van der Waals surface area (Å²) in [7, 11) is 1.62. The van der Waals surface area contributed by atoms with E-state index in [1.165, 1.54) is 0 Å². The van der Waals surface area contributed by atoms with Crippen LogP contribution in [0.4, 0.5) is 5.95 Å². The number of benzene rings is 1. The summed E-state index contributed by atoms with van der Waals surface area (Å²) in [4.78, 5) is 8.97. The van der Waals surface area contributed by atoms with Crippen molar-refractivity contribution in [1.29, 1.82) is 0 Å². The normalized spacial score (nSPS) is 11.3. The first kappa shape index (κ1) is 12.7. The largest absolute Gasteiger partial charge is 0.494 e. The fourth-order valence-corrected chi connectivity index (χ4v) is 2.27. The first-order chi connectivity index (χ1) is 9.74. The molecule has 0 atom stereocenters. The van der Waals surface area contributed by atoms with Gasteiger partial charge in [-0.15, -0.1) is 5.10 Å². The predicted octanol–water partition coefficient (Wildman–Crippen LogP) is 2.21. The van der Waals surface area contributed by atoms with Crippen molar-refractivity contribution >= 4 is 22.5 Å². The number of aromatic nitrogens is 4. The van der Waals surface area contributed by atoms with Crippen molar-refractivity contribution in [2.45, 2.75) is 26.2 Å². The van der Waals surface area contributed by atoms with Crippen molar-refractivity contribution < 1.29 is 4.74 Å². The summed E-state index contributed by atoms with van der Waals surface area (Å²) in [6, 6.07) is 5.73. The number of methoxy groups -OCH3 is 1. The highest BCUT2D eigenvalue weighted by Crippen LogP contribution is 2.27. The summed E-state index contributed by atoms with van der Waals surface area (Å²) in [6.07, 6.45) is 3.02. The molecule has 1 aromatic carbocycles. The molecule has 2 heterocycles. The lowest BCUT2D eigenvalue weighted by atomic mass is 10.2. The molecule has 0 saturated carbocycles. The Bertz CT molecular complexity index is 765. The maximum Gasteiger partial charge on any atom is 0.223 e. The van der Waals surface area contributed by atoms with Gasteiger partial charge in [-0.2, -0.15) is 4.52 Å². The Morgan fingerprint density at radius 2 is 2.15 bits per heavy atom. The number of para-hydroxylation sites is 1. The van der Waals surface area contributed by atoms with E-state index < -0.39 is 0 Å². The van der Waals surface area contributed by atoms with Crippen LogP contribution in [0.2, 0.25) is 0 Å². The van der Waals surface area contributed by atoms with Crippen LogP contribution in [0, 0.1) is 0 Å². The molecule has 0 saturated heterocycles. The third-order valence-corrected chi connectivity index (χ3v) is 3.31. The smallest absolute Gasteiger partial charge is 0.223 e. The van der Waals surface area contributed by atoms with Gasteiger partial charge in [-0.25, -0.2) is 9.97 Å². The SMILES string of the molecule is CCCCc1nc2c3cccc(OC)c3nc(N)n2n1. The molecule has 0 spiro atoms. The fraction of sp³-hybridized carbons (Fsp3) is 0.357. The van der Waals surface area contributed by atoms with Crippen LogP contribution in [0.1, 0.15) is 25.6 Å². The average molecular weight is 271 g/mol. The van der Waals surface area contributed by atoms with E-state index >= 15 is 0 Å². The molecule has 6 nitrogen and oxygen atoms in total. The second kappa shape index (κ2) is 4.96. The molecular weight excluding hydrogens is 254 g/mol. The van der Waals surface area contributed by atoms with Crippen LogP contribution in [0.5, 0.6) is 5.75 Å². The standard InChI is InChI=1S/C14H17N5O/c1-3-4-8-11-16-13-9-6-5-7-10(20-2)12(9)17-14(15)19(13)18-11/h5-7H,3-4,8H2,1-2H3,(H2,15,17). The van der Waals surface area contributed by atoms with E-state index in [1.54, 1.807) is 11.6 Å². The topological polar surface area (TPSA) is 78.3 Å². The summed E-state index contributed by atoms with van der Waals surface area (Å²) in [5.41, 5.74) is 7.43. The fourth-order valence-electron chi connectivity index (χ4n) is 2.27. The Labute approximate surface area is 116 Å². The number of nitrogen functional groups attached to an aromatic ring is 1. The lowest BCUT2D eigenvalue weighted by Gasteiger charge is -2.06. The molecule has 104 valence electrons. The Morgan fingerprint density at radius 1 is 1.30 bits per heavy atom. The van der Waals surface area contributed by atoms with Crippen LogP contribution in [0.15, 0.2) is 18.2 Å². The summed E-state index contributed by atoms with van der Waals surface area (Å²) >= 11 is 0. The molecule has 0 unspecified atom stereocenters. The zero-order valence-electron chi connectivity index (χ0n) is 11.6. The Kier molecular flexibility index (Phi) is 3.14. The Hall–Kier alpha value is -2.37. The number of unbranched alkanes of at least 4 members (excludes halogenated alkanes) is 1. The first-order valence-electron chi connectivity index (χ1n) is 6.72. The molecule has 0 bridgehead atoms. The second-order valence-corrected chi connectivity index (χ2v) is 4.69. The highest BCUT2D eigenvalue weighted by molar-refractivity contribution is 5.95. The molecule has 0 aliphatic heterocycles. The van der Waals surface area contributed by atoms with Crippen molar-refractivity contribution in [3.8, 4) is 5.75 Å². The van der Waals surface area contributed by atoms with Crippen LogP contribution >= 0.6 is 0 Å². The summed E-state index contributed by atoms with van der Waals surface area (Å²) in [5, 5.41) is 5.33. The van der Waals surface area contributed by atoms with Gasteiger partial charge in [-0.3, -0.25) is 0 Å². The number of fused-ring (bicyclic) bond motifs is 3. The molecule has 3 rings (SSSR count).